The van der Waals surface area contributed by atoms with E-state index in [1.165, 1.54) is 18.3 Å². The van der Waals surface area contributed by atoms with Gasteiger partial charge in [0.05, 0.1) is 12.1 Å². The zero-order chi connectivity index (χ0) is 24.1. The van der Waals surface area contributed by atoms with Crippen LogP contribution in [0.3, 0.4) is 0 Å². The normalized spacial score (nSPS) is 15.1. The molecular weight excluding hydrogens is 451 g/mol. The lowest BCUT2D eigenvalue weighted by molar-refractivity contribution is -0.389. The van der Waals surface area contributed by atoms with E-state index < -0.39 is 16.7 Å². The summed E-state index contributed by atoms with van der Waals surface area (Å²) in [7, 11) is 0. The monoisotopic (exact) mass is 471 g/mol. The fourth-order valence-electron chi connectivity index (χ4n) is 3.43. The molecule has 4 rings (SSSR count). The van der Waals surface area contributed by atoms with Crippen LogP contribution in [0.4, 0.5) is 19.0 Å². The highest BCUT2D eigenvalue weighted by molar-refractivity contribution is 5.64. The fourth-order valence-corrected chi connectivity index (χ4v) is 3.43. The van der Waals surface area contributed by atoms with Crippen molar-refractivity contribution >= 4 is 5.82 Å². The van der Waals surface area contributed by atoms with Gasteiger partial charge in [0, 0.05) is 23.6 Å². The summed E-state index contributed by atoms with van der Waals surface area (Å²) < 4.78 is 50.8. The molecule has 0 saturated heterocycles. The highest BCUT2D eigenvalue weighted by Gasteiger charge is 2.30. The predicted octanol–water partition coefficient (Wildman–Crippen LogP) is 5.09. The van der Waals surface area contributed by atoms with E-state index in [9.17, 15) is 23.3 Å². The summed E-state index contributed by atoms with van der Waals surface area (Å²) >= 11 is 0. The fraction of sp³-hybridized carbons (Fsp3) is 0.292. The van der Waals surface area contributed by atoms with Gasteiger partial charge in [-0.2, -0.15) is 13.2 Å². The zero-order valence-electron chi connectivity index (χ0n) is 17.9. The van der Waals surface area contributed by atoms with Crippen molar-refractivity contribution in [2.75, 3.05) is 13.2 Å². The number of hydrogen-bond acceptors (Lipinski definition) is 5. The lowest BCUT2D eigenvalue weighted by atomic mass is 10.0. The SMILES string of the molecule is O=[N+]([O-])c1cn2c(n1)OC[C@@H](OCCCC#Cc1ccc(-c3ccc(C(F)(F)F)cc3)cc1)C2. The van der Waals surface area contributed by atoms with Gasteiger partial charge in [-0.25, -0.2) is 0 Å². The molecule has 176 valence electrons. The molecule has 34 heavy (non-hydrogen) atoms. The number of alkyl halides is 3. The zero-order valence-corrected chi connectivity index (χ0v) is 17.9. The quantitative estimate of drug-likeness (QED) is 0.217. The van der Waals surface area contributed by atoms with Crippen molar-refractivity contribution in [2.24, 2.45) is 0 Å². The summed E-state index contributed by atoms with van der Waals surface area (Å²) in [6.45, 7) is 1.19. The molecule has 0 unspecified atom stereocenters. The van der Waals surface area contributed by atoms with Gasteiger partial charge < -0.3 is 19.6 Å². The molecule has 10 heteroatoms. The van der Waals surface area contributed by atoms with E-state index in [0.717, 1.165) is 23.3 Å². The second kappa shape index (κ2) is 9.97. The standard InChI is InChI=1S/C24H20F3N3O4/c25-24(26,27)20-11-9-19(10-12-20)18-7-5-17(6-8-18)4-2-1-3-13-33-21-14-29-15-22(30(31)32)28-23(29)34-16-21/h5-12,15,21H,1,3,13-14,16H2/t21-/m0/s1. The molecule has 7 nitrogen and oxygen atoms in total. The number of rotatable bonds is 6. The summed E-state index contributed by atoms with van der Waals surface area (Å²) in [5, 5.41) is 10.8. The molecular formula is C24H20F3N3O4. The topological polar surface area (TPSA) is 79.4 Å². The van der Waals surface area contributed by atoms with Crippen molar-refractivity contribution in [2.45, 2.75) is 31.7 Å². The maximum absolute atomic E-state index is 12.7. The van der Waals surface area contributed by atoms with Crippen LogP contribution in [0.5, 0.6) is 6.01 Å². The Balaban J connectivity index is 1.21. The molecule has 1 atom stereocenters. The third-order valence-electron chi connectivity index (χ3n) is 5.18. The largest absolute Gasteiger partial charge is 0.443 e. The van der Waals surface area contributed by atoms with Gasteiger partial charge in [-0.05, 0) is 46.7 Å². The Morgan fingerprint density at radius 3 is 2.47 bits per heavy atom. The molecule has 1 aliphatic heterocycles. The highest BCUT2D eigenvalue weighted by Crippen LogP contribution is 2.31. The Labute approximate surface area is 193 Å². The smallest absolute Gasteiger partial charge is 0.416 e. The number of benzene rings is 2. The van der Waals surface area contributed by atoms with Crippen molar-refractivity contribution in [3.05, 3.63) is 76.0 Å². The van der Waals surface area contributed by atoms with Gasteiger partial charge in [-0.1, -0.05) is 36.1 Å². The van der Waals surface area contributed by atoms with Gasteiger partial charge in [0.25, 0.3) is 0 Å². The number of hydrogen-bond donors (Lipinski definition) is 0. The first-order valence-corrected chi connectivity index (χ1v) is 10.5. The molecule has 0 radical (unpaired) electrons. The van der Waals surface area contributed by atoms with Crippen molar-refractivity contribution in [1.82, 2.24) is 9.55 Å². The molecule has 2 heterocycles. The minimum absolute atomic E-state index is 0.216. The summed E-state index contributed by atoms with van der Waals surface area (Å²) in [6.07, 6.45) is -1.90. The van der Waals surface area contributed by atoms with Gasteiger partial charge in [-0.15, -0.1) is 0 Å². The highest BCUT2D eigenvalue weighted by atomic mass is 19.4. The molecule has 1 aliphatic rings. The number of aromatic nitrogens is 2. The summed E-state index contributed by atoms with van der Waals surface area (Å²) in [5.74, 6) is 5.89. The van der Waals surface area contributed by atoms with Crippen LogP contribution in [0.1, 0.15) is 24.0 Å². The van der Waals surface area contributed by atoms with E-state index in [0.29, 0.717) is 31.6 Å². The minimum atomic E-state index is -4.35. The Bertz CT molecular complexity index is 1210. The molecule has 0 fully saturated rings. The van der Waals surface area contributed by atoms with E-state index in [2.05, 4.69) is 16.8 Å². The second-order valence-electron chi connectivity index (χ2n) is 7.65. The number of ether oxygens (including phenoxy) is 2. The predicted molar refractivity (Wildman–Crippen MR) is 117 cm³/mol. The summed E-state index contributed by atoms with van der Waals surface area (Å²) in [5.41, 5.74) is 1.66. The molecule has 1 aromatic heterocycles. The van der Waals surface area contributed by atoms with Crippen LogP contribution < -0.4 is 4.74 Å². The van der Waals surface area contributed by atoms with Crippen LogP contribution in [0.25, 0.3) is 11.1 Å². The molecule has 0 aliphatic carbocycles. The van der Waals surface area contributed by atoms with Gasteiger partial charge in [-0.3, -0.25) is 4.57 Å². The molecule has 0 spiro atoms. The average Bonchev–Trinajstić information content (AvgIpc) is 3.25. The van der Waals surface area contributed by atoms with Crippen LogP contribution in [-0.2, 0) is 17.5 Å². The van der Waals surface area contributed by atoms with Gasteiger partial charge in [0.2, 0.25) is 0 Å². The Morgan fingerprint density at radius 2 is 1.82 bits per heavy atom. The first-order valence-electron chi connectivity index (χ1n) is 10.5. The van der Waals surface area contributed by atoms with Gasteiger partial charge >= 0.3 is 18.0 Å². The van der Waals surface area contributed by atoms with E-state index >= 15 is 0 Å². The number of halogens is 3. The second-order valence-corrected chi connectivity index (χ2v) is 7.65. The third-order valence-corrected chi connectivity index (χ3v) is 5.18. The van der Waals surface area contributed by atoms with Crippen LogP contribution in [0, 0.1) is 22.0 Å². The summed E-state index contributed by atoms with van der Waals surface area (Å²) in [6, 6.07) is 12.6. The first-order chi connectivity index (χ1) is 16.3. The van der Waals surface area contributed by atoms with Crippen molar-refractivity contribution in [1.29, 1.82) is 0 Å². The van der Waals surface area contributed by atoms with E-state index in [1.54, 1.807) is 4.57 Å². The number of nitrogens with zero attached hydrogens (tertiary/aromatic N) is 3. The number of unbranched alkanes of at least 4 members (excludes halogenated alkanes) is 1. The van der Waals surface area contributed by atoms with E-state index in [1.807, 2.05) is 24.3 Å². The number of imidazole rings is 1. The average molecular weight is 471 g/mol. The minimum Gasteiger partial charge on any atom is -0.443 e. The van der Waals surface area contributed by atoms with Crippen molar-refractivity contribution < 1.29 is 27.6 Å². The van der Waals surface area contributed by atoms with Crippen molar-refractivity contribution in [3.63, 3.8) is 0 Å². The molecule has 0 saturated carbocycles. The van der Waals surface area contributed by atoms with Crippen LogP contribution in [0.2, 0.25) is 0 Å². The Hall–Kier alpha value is -3.84. The van der Waals surface area contributed by atoms with Gasteiger partial charge in [0.1, 0.15) is 18.9 Å². The van der Waals surface area contributed by atoms with Crippen LogP contribution in [-0.4, -0.2) is 33.8 Å². The van der Waals surface area contributed by atoms with Crippen LogP contribution >= 0.6 is 0 Å². The summed E-state index contributed by atoms with van der Waals surface area (Å²) in [4.78, 5) is 14.0. The molecule has 0 amide bonds. The Morgan fingerprint density at radius 1 is 1.15 bits per heavy atom. The maximum Gasteiger partial charge on any atom is 0.416 e. The maximum atomic E-state index is 12.7. The molecule has 0 N–H and O–H groups in total. The molecule has 2 aromatic carbocycles. The lowest BCUT2D eigenvalue weighted by Crippen LogP contribution is -2.32. The number of nitro groups is 1. The Kier molecular flexibility index (Phi) is 6.84. The van der Waals surface area contributed by atoms with E-state index in [4.69, 9.17) is 9.47 Å². The molecule has 0 bridgehead atoms. The first kappa shape index (κ1) is 23.3. The number of fused-ring (bicyclic) bond motifs is 1. The lowest BCUT2D eigenvalue weighted by Gasteiger charge is -2.22. The van der Waals surface area contributed by atoms with Crippen molar-refractivity contribution in [3.8, 4) is 29.0 Å². The van der Waals surface area contributed by atoms with Gasteiger partial charge in [0.15, 0.2) is 0 Å². The van der Waals surface area contributed by atoms with Crippen LogP contribution in [0.15, 0.2) is 54.7 Å². The van der Waals surface area contributed by atoms with E-state index in [-0.39, 0.29) is 24.5 Å². The third kappa shape index (κ3) is 5.74. The molecule has 3 aromatic rings.